The predicted molar refractivity (Wildman–Crippen MR) is 196 cm³/mol. The van der Waals surface area contributed by atoms with Gasteiger partial charge in [0.1, 0.15) is 35.7 Å². The van der Waals surface area contributed by atoms with Gasteiger partial charge in [-0.1, -0.05) is 75.7 Å². The first-order valence-electron chi connectivity index (χ1n) is 18.2. The molecule has 0 saturated heterocycles. The molecule has 1 amide bonds. The molecule has 0 aliphatic rings. The third-order valence-electron chi connectivity index (χ3n) is 7.89. The standard InChI is InChI=1S/C40H59NO11/c1-7-9-11-14-17-20-31(42)21-18-15-12-13-16-19-22-33(40(47,48)38(46)52-39(3,4)5)36(44)41-34(37(45)51-29-35(43)49-6)28-30-23-25-32(26-24-30)50-27-10-8-2/h19,22-26,33-34,47-48H,7,9,11-18,20-21,27-29H2,1-6H3,(H,41,44)/b22-19+/t33-,34+/m1/s1. The number of carbonyl (C=O) groups is 5. The highest BCUT2D eigenvalue weighted by molar-refractivity contribution is 5.92. The second kappa shape index (κ2) is 24.9. The molecule has 0 bridgehead atoms. The summed E-state index contributed by atoms with van der Waals surface area (Å²) in [5, 5.41) is 24.5. The van der Waals surface area contributed by atoms with Crippen molar-refractivity contribution < 1.29 is 53.1 Å². The number of nitrogens with one attached hydrogen (secondary N) is 1. The minimum absolute atomic E-state index is 0.116. The van der Waals surface area contributed by atoms with Gasteiger partial charge in [-0.05, 0) is 71.1 Å². The Morgan fingerprint density at radius 2 is 1.52 bits per heavy atom. The number of carbonyl (C=O) groups excluding carboxylic acids is 5. The fourth-order valence-corrected chi connectivity index (χ4v) is 5.00. The third kappa shape index (κ3) is 19.4. The number of Topliss-reactive ketones (excluding diaryl/α,β-unsaturated/α-hetero) is 1. The van der Waals surface area contributed by atoms with E-state index in [0.29, 0.717) is 37.0 Å². The normalized spacial score (nSPS) is 12.6. The average molecular weight is 730 g/mol. The Kier molecular flexibility index (Phi) is 21.9. The maximum atomic E-state index is 13.7. The Morgan fingerprint density at radius 3 is 2.10 bits per heavy atom. The van der Waals surface area contributed by atoms with Gasteiger partial charge in [0, 0.05) is 19.3 Å². The fourth-order valence-electron chi connectivity index (χ4n) is 5.00. The zero-order valence-electron chi connectivity index (χ0n) is 31.8. The van der Waals surface area contributed by atoms with Gasteiger partial charge in [0.15, 0.2) is 6.61 Å². The van der Waals surface area contributed by atoms with E-state index in [0.717, 1.165) is 45.6 Å². The molecule has 52 heavy (non-hydrogen) atoms. The lowest BCUT2D eigenvalue weighted by atomic mass is 9.94. The van der Waals surface area contributed by atoms with Crippen LogP contribution < -0.4 is 10.1 Å². The highest BCUT2D eigenvalue weighted by Crippen LogP contribution is 2.24. The van der Waals surface area contributed by atoms with E-state index in [1.165, 1.54) is 39.7 Å². The van der Waals surface area contributed by atoms with Crippen molar-refractivity contribution in [1.82, 2.24) is 5.32 Å². The summed E-state index contributed by atoms with van der Waals surface area (Å²) in [5.74, 6) is -3.21. The second-order valence-electron chi connectivity index (χ2n) is 13.6. The number of allylic oxidation sites excluding steroid dienone is 1. The van der Waals surface area contributed by atoms with E-state index in [-0.39, 0.29) is 18.8 Å². The van der Waals surface area contributed by atoms with E-state index >= 15 is 0 Å². The summed E-state index contributed by atoms with van der Waals surface area (Å²) in [5.41, 5.74) is -0.532. The minimum Gasteiger partial charge on any atom is -0.481 e. The Labute approximate surface area is 309 Å². The first-order chi connectivity index (χ1) is 24.6. The van der Waals surface area contributed by atoms with Crippen LogP contribution in [0.3, 0.4) is 0 Å². The zero-order chi connectivity index (χ0) is 39.0. The van der Waals surface area contributed by atoms with Gasteiger partial charge in [0.05, 0.1) is 7.11 Å². The molecule has 3 N–H and O–H groups in total. The fraction of sp³-hybridized carbons (Fsp3) is 0.625. The van der Waals surface area contributed by atoms with Crippen molar-refractivity contribution in [1.29, 1.82) is 0 Å². The number of ether oxygens (including phenoxy) is 4. The maximum absolute atomic E-state index is 13.7. The van der Waals surface area contributed by atoms with Gasteiger partial charge >= 0.3 is 17.9 Å². The zero-order valence-corrected chi connectivity index (χ0v) is 31.8. The molecule has 0 saturated carbocycles. The molecule has 1 rings (SSSR count). The van der Waals surface area contributed by atoms with Crippen molar-refractivity contribution in [3.05, 3.63) is 42.0 Å². The summed E-state index contributed by atoms with van der Waals surface area (Å²) in [6.07, 6.45) is 12.9. The van der Waals surface area contributed by atoms with E-state index < -0.39 is 53.8 Å². The number of hydrogen-bond donors (Lipinski definition) is 3. The van der Waals surface area contributed by atoms with E-state index in [1.807, 2.05) is 0 Å². The molecule has 0 spiro atoms. The highest BCUT2D eigenvalue weighted by Gasteiger charge is 2.48. The van der Waals surface area contributed by atoms with Crippen molar-refractivity contribution in [2.45, 2.75) is 136 Å². The van der Waals surface area contributed by atoms with Crippen LogP contribution in [0.1, 0.15) is 117 Å². The van der Waals surface area contributed by atoms with Crippen molar-refractivity contribution in [3.63, 3.8) is 0 Å². The van der Waals surface area contributed by atoms with Crippen LogP contribution in [-0.2, 0) is 44.6 Å². The lowest BCUT2D eigenvalue weighted by Gasteiger charge is -2.31. The Balaban J connectivity index is 3.05. The highest BCUT2D eigenvalue weighted by atomic mass is 16.6. The van der Waals surface area contributed by atoms with Crippen LogP contribution in [0.4, 0.5) is 0 Å². The molecule has 1 aromatic rings. The van der Waals surface area contributed by atoms with Crippen LogP contribution in [0.2, 0.25) is 0 Å². The monoisotopic (exact) mass is 729 g/mol. The minimum atomic E-state index is -3.30. The molecule has 12 heteroatoms. The molecular weight excluding hydrogens is 670 g/mol. The van der Waals surface area contributed by atoms with E-state index in [9.17, 15) is 34.2 Å². The van der Waals surface area contributed by atoms with Gasteiger partial charge in [-0.15, -0.1) is 5.92 Å². The molecule has 0 unspecified atom stereocenters. The number of ketones is 1. The van der Waals surface area contributed by atoms with Crippen LogP contribution in [-0.4, -0.2) is 77.6 Å². The van der Waals surface area contributed by atoms with Gasteiger partial charge < -0.3 is 34.5 Å². The van der Waals surface area contributed by atoms with Gasteiger partial charge in [-0.2, -0.15) is 0 Å². The van der Waals surface area contributed by atoms with Gasteiger partial charge in [0.2, 0.25) is 5.91 Å². The van der Waals surface area contributed by atoms with Crippen molar-refractivity contribution in [2.75, 3.05) is 20.3 Å². The average Bonchev–Trinajstić information content (AvgIpc) is 3.09. The van der Waals surface area contributed by atoms with Crippen LogP contribution in [0.5, 0.6) is 5.75 Å². The largest absolute Gasteiger partial charge is 0.481 e. The maximum Gasteiger partial charge on any atom is 0.368 e. The Morgan fingerprint density at radius 1 is 0.904 bits per heavy atom. The summed E-state index contributed by atoms with van der Waals surface area (Å²) in [6.45, 7) is 7.92. The van der Waals surface area contributed by atoms with Crippen molar-refractivity contribution >= 4 is 29.6 Å². The Hall–Kier alpha value is -4.21. The predicted octanol–water partition coefficient (Wildman–Crippen LogP) is 5.30. The summed E-state index contributed by atoms with van der Waals surface area (Å²) in [6, 6.07) is 5.22. The number of esters is 3. The summed E-state index contributed by atoms with van der Waals surface area (Å²) >= 11 is 0. The molecule has 0 heterocycles. The van der Waals surface area contributed by atoms with Gasteiger partial charge in [-0.3, -0.25) is 9.59 Å². The first-order valence-corrected chi connectivity index (χ1v) is 18.2. The Bertz CT molecular complexity index is 1350. The second-order valence-corrected chi connectivity index (χ2v) is 13.6. The van der Waals surface area contributed by atoms with Gasteiger partial charge in [-0.25, -0.2) is 14.4 Å². The number of unbranched alkanes of at least 4 members (excludes halogenated alkanes) is 8. The van der Waals surface area contributed by atoms with Crippen LogP contribution in [0.25, 0.3) is 0 Å². The van der Waals surface area contributed by atoms with Crippen LogP contribution in [0, 0.1) is 17.8 Å². The molecule has 0 aromatic heterocycles. The summed E-state index contributed by atoms with van der Waals surface area (Å²) in [7, 11) is 1.12. The molecule has 12 nitrogen and oxygen atoms in total. The van der Waals surface area contributed by atoms with E-state index in [2.05, 4.69) is 28.8 Å². The molecule has 1 aromatic carbocycles. The molecule has 0 radical (unpaired) electrons. The topological polar surface area (TPSA) is 175 Å². The number of aliphatic hydroxyl groups is 2. The number of amides is 1. The number of rotatable bonds is 25. The third-order valence-corrected chi connectivity index (χ3v) is 7.89. The van der Waals surface area contributed by atoms with Gasteiger partial charge in [0.25, 0.3) is 5.79 Å². The van der Waals surface area contributed by atoms with Crippen molar-refractivity contribution in [2.24, 2.45) is 5.92 Å². The number of benzene rings is 1. The van der Waals surface area contributed by atoms with E-state index in [1.54, 1.807) is 37.3 Å². The molecule has 0 aliphatic carbocycles. The summed E-state index contributed by atoms with van der Waals surface area (Å²) in [4.78, 5) is 63.6. The molecule has 0 aliphatic heterocycles. The first kappa shape index (κ1) is 45.8. The quantitative estimate of drug-likeness (QED) is 0.0298. The molecule has 290 valence electrons. The molecular formula is C40H59NO11. The molecule has 2 atom stereocenters. The lowest BCUT2D eigenvalue weighted by molar-refractivity contribution is -0.230. The number of methoxy groups -OCH3 is 1. The SMILES string of the molecule is CC#CCOc1ccc(C[C@H](NC(=O)[C@@H](/C=C/CCCCCCC(=O)CCCCCCC)C(O)(O)C(=O)OC(C)(C)C)C(=O)OCC(=O)OC)cc1. The smallest absolute Gasteiger partial charge is 0.368 e. The van der Waals surface area contributed by atoms with Crippen LogP contribution in [0.15, 0.2) is 36.4 Å². The van der Waals surface area contributed by atoms with Crippen LogP contribution >= 0.6 is 0 Å². The lowest BCUT2D eigenvalue weighted by Crippen LogP contribution is -2.56. The summed E-state index contributed by atoms with van der Waals surface area (Å²) < 4.78 is 20.3. The van der Waals surface area contributed by atoms with Crippen molar-refractivity contribution in [3.8, 4) is 17.6 Å². The number of hydrogen-bond acceptors (Lipinski definition) is 11. The van der Waals surface area contributed by atoms with E-state index in [4.69, 9.17) is 14.2 Å². The molecule has 0 fully saturated rings.